The number of nitrogens with zero attached hydrogens (tertiary/aromatic N) is 3. The fourth-order valence-corrected chi connectivity index (χ4v) is 2.50. The lowest BCUT2D eigenvalue weighted by Crippen LogP contribution is -2.70. The Labute approximate surface area is 137 Å². The molecule has 0 heterocycles. The van der Waals surface area contributed by atoms with Gasteiger partial charge in [-0.15, -0.1) is 11.6 Å². The molecule has 0 aromatic heterocycles. The summed E-state index contributed by atoms with van der Waals surface area (Å²) in [5.74, 6) is 0. The molecule has 3 N–H and O–H groups in total. The van der Waals surface area contributed by atoms with Gasteiger partial charge in [0.25, 0.3) is 0 Å². The van der Waals surface area contributed by atoms with Crippen molar-refractivity contribution in [3.8, 4) is 6.07 Å². The van der Waals surface area contributed by atoms with Gasteiger partial charge in [0.2, 0.25) is 0 Å². The van der Waals surface area contributed by atoms with Crippen molar-refractivity contribution in [1.82, 2.24) is 15.3 Å². The highest BCUT2D eigenvalue weighted by molar-refractivity contribution is 6.27. The van der Waals surface area contributed by atoms with E-state index >= 15 is 0 Å². The number of aliphatic hydroxyl groups excluding tert-OH is 2. The molecule has 0 saturated heterocycles. The van der Waals surface area contributed by atoms with Gasteiger partial charge in [0.05, 0.1) is 16.5 Å². The number of hydrazine groups is 1. The Bertz CT molecular complexity index is 495. The molecule has 0 bridgehead atoms. The van der Waals surface area contributed by atoms with Crippen molar-refractivity contribution in [1.29, 1.82) is 5.26 Å². The minimum Gasteiger partial charge on any atom is -0.382 e. The van der Waals surface area contributed by atoms with E-state index in [2.05, 4.69) is 5.43 Å². The van der Waals surface area contributed by atoms with Gasteiger partial charge in [0, 0.05) is 6.54 Å². The van der Waals surface area contributed by atoms with E-state index in [1.165, 1.54) is 7.05 Å². The van der Waals surface area contributed by atoms with E-state index in [-0.39, 0.29) is 6.54 Å². The molecule has 0 fully saturated rings. The highest BCUT2D eigenvalue weighted by Gasteiger charge is 2.55. The van der Waals surface area contributed by atoms with Crippen molar-refractivity contribution in [3.05, 3.63) is 12.2 Å². The smallest absolute Gasteiger partial charge is 0.382 e. The minimum absolute atomic E-state index is 0.283. The number of aliphatic hydroxyl groups is 2. The number of nitrogens with one attached hydrogen (secondary N) is 1. The van der Waals surface area contributed by atoms with E-state index in [1.54, 1.807) is 32.1 Å². The summed E-state index contributed by atoms with van der Waals surface area (Å²) in [6, 6.07) is 1.79. The van der Waals surface area contributed by atoms with Crippen molar-refractivity contribution in [2.75, 3.05) is 20.1 Å². The zero-order valence-electron chi connectivity index (χ0n) is 13.0. The van der Waals surface area contributed by atoms with E-state index in [0.29, 0.717) is 0 Å². The summed E-state index contributed by atoms with van der Waals surface area (Å²) in [5.41, 5.74) is 1.38. The van der Waals surface area contributed by atoms with Crippen LogP contribution in [0.4, 0.5) is 13.2 Å². The van der Waals surface area contributed by atoms with Crippen molar-refractivity contribution in [2.45, 2.75) is 42.9 Å². The van der Waals surface area contributed by atoms with Crippen LogP contribution in [0.5, 0.6) is 0 Å². The summed E-state index contributed by atoms with van der Waals surface area (Å²) >= 11 is 6.27. The molecule has 0 radical (unpaired) electrons. The molecule has 0 spiro atoms. The van der Waals surface area contributed by atoms with Crippen molar-refractivity contribution < 1.29 is 23.4 Å². The normalized spacial score (nSPS) is 30.2. The second kappa shape index (κ2) is 6.93. The molecule has 23 heavy (non-hydrogen) atoms. The second-order valence-corrected chi connectivity index (χ2v) is 6.41. The number of β-amino-alcohol motifs (C(OH)–C–C–N with tert-alkyl or cyclic N) is 1. The lowest BCUT2D eigenvalue weighted by atomic mass is 9.74. The molecule has 10 heteroatoms. The summed E-state index contributed by atoms with van der Waals surface area (Å²) in [4.78, 5) is -0.0304. The molecule has 132 valence electrons. The lowest BCUT2D eigenvalue weighted by molar-refractivity contribution is -0.233. The summed E-state index contributed by atoms with van der Waals surface area (Å²) in [6.07, 6.45) is -5.99. The predicted molar refractivity (Wildman–Crippen MR) is 78.0 cm³/mol. The molecule has 0 aromatic rings. The van der Waals surface area contributed by atoms with Crippen LogP contribution in [0, 0.1) is 11.3 Å². The molecule has 1 aliphatic rings. The third-order valence-electron chi connectivity index (χ3n) is 4.14. The number of nitriles is 1. The van der Waals surface area contributed by atoms with Crippen LogP contribution in [0.1, 0.15) is 13.8 Å². The van der Waals surface area contributed by atoms with Gasteiger partial charge in [-0.3, -0.25) is 10.3 Å². The third kappa shape index (κ3) is 3.96. The van der Waals surface area contributed by atoms with Gasteiger partial charge < -0.3 is 10.2 Å². The highest BCUT2D eigenvalue weighted by atomic mass is 35.5. The van der Waals surface area contributed by atoms with Crippen LogP contribution in [-0.2, 0) is 0 Å². The second-order valence-electron chi connectivity index (χ2n) is 5.62. The van der Waals surface area contributed by atoms with Gasteiger partial charge in [-0.2, -0.15) is 23.4 Å². The van der Waals surface area contributed by atoms with E-state index in [0.717, 1.165) is 9.91 Å². The number of rotatable bonds is 7. The Morgan fingerprint density at radius 3 is 2.22 bits per heavy atom. The molecule has 4 atom stereocenters. The summed E-state index contributed by atoms with van der Waals surface area (Å²) in [6.45, 7) is 1.95. The van der Waals surface area contributed by atoms with Gasteiger partial charge in [0.15, 0.2) is 12.5 Å². The molecular formula is C13H20ClF3N4O2. The molecule has 6 nitrogen and oxygen atoms in total. The van der Waals surface area contributed by atoms with E-state index < -0.39 is 35.6 Å². The average molecular weight is 357 g/mol. The highest BCUT2D eigenvalue weighted by Crippen LogP contribution is 2.45. The van der Waals surface area contributed by atoms with Gasteiger partial charge in [0.1, 0.15) is 6.54 Å². The van der Waals surface area contributed by atoms with Gasteiger partial charge >= 0.3 is 6.18 Å². The van der Waals surface area contributed by atoms with Crippen LogP contribution in [0.15, 0.2) is 12.2 Å². The zero-order chi connectivity index (χ0) is 18.1. The van der Waals surface area contributed by atoms with Crippen LogP contribution in [-0.4, -0.2) is 69.3 Å². The fraction of sp³-hybridized carbons (Fsp3) is 0.769. The monoisotopic (exact) mass is 356 g/mol. The van der Waals surface area contributed by atoms with Crippen molar-refractivity contribution >= 4 is 11.6 Å². The quantitative estimate of drug-likeness (QED) is 0.205. The summed E-state index contributed by atoms with van der Waals surface area (Å²) in [5, 5.41) is 29.6. The molecule has 1 aliphatic carbocycles. The minimum atomic E-state index is -4.84. The van der Waals surface area contributed by atoms with E-state index in [4.69, 9.17) is 16.9 Å². The largest absolute Gasteiger partial charge is 0.415 e. The standard InChI is InChI=1S/C13H20ClF3N4O2/c1-11(14)4-5-12(11,2)20(8-9(22)13(15,16)17)10(23)21(19-3)7-6-18/h4-5,9-10,19,22-23H,7-8H2,1-3H3. The number of alkyl halides is 4. The first kappa shape index (κ1) is 20.2. The van der Waals surface area contributed by atoms with Crippen molar-refractivity contribution in [2.24, 2.45) is 0 Å². The Morgan fingerprint density at radius 1 is 1.35 bits per heavy atom. The first-order valence-corrected chi connectivity index (χ1v) is 7.18. The maximum absolute atomic E-state index is 12.7. The molecular weight excluding hydrogens is 337 g/mol. The number of halogens is 4. The van der Waals surface area contributed by atoms with Crippen LogP contribution < -0.4 is 5.43 Å². The molecule has 0 saturated carbocycles. The molecule has 0 amide bonds. The summed E-state index contributed by atoms with van der Waals surface area (Å²) in [7, 11) is 1.41. The van der Waals surface area contributed by atoms with Gasteiger partial charge in [-0.1, -0.05) is 12.2 Å². The third-order valence-corrected chi connectivity index (χ3v) is 4.65. The first-order valence-electron chi connectivity index (χ1n) is 6.80. The van der Waals surface area contributed by atoms with Crippen LogP contribution in [0.25, 0.3) is 0 Å². The van der Waals surface area contributed by atoms with Crippen LogP contribution in [0.3, 0.4) is 0 Å². The number of hydrogen-bond donors (Lipinski definition) is 3. The lowest BCUT2D eigenvalue weighted by Gasteiger charge is -2.55. The van der Waals surface area contributed by atoms with Crippen LogP contribution in [0.2, 0.25) is 0 Å². The molecule has 1 rings (SSSR count). The molecule has 0 aromatic carbocycles. The topological polar surface area (TPSA) is 82.8 Å². The van der Waals surface area contributed by atoms with Crippen LogP contribution >= 0.6 is 11.6 Å². The number of hydrogen-bond acceptors (Lipinski definition) is 6. The maximum Gasteiger partial charge on any atom is 0.415 e. The molecule has 4 unspecified atom stereocenters. The zero-order valence-corrected chi connectivity index (χ0v) is 13.7. The molecule has 0 aliphatic heterocycles. The average Bonchev–Trinajstić information content (AvgIpc) is 2.46. The SMILES string of the molecule is CNN(CC#N)C(O)N(CC(O)C(F)(F)F)C1(C)C=CC1(C)Cl. The summed E-state index contributed by atoms with van der Waals surface area (Å²) < 4.78 is 38.1. The van der Waals surface area contributed by atoms with Gasteiger partial charge in [-0.05, 0) is 20.9 Å². The Hall–Kier alpha value is -0.890. The van der Waals surface area contributed by atoms with Crippen molar-refractivity contribution in [3.63, 3.8) is 0 Å². The maximum atomic E-state index is 12.7. The predicted octanol–water partition coefficient (Wildman–Crippen LogP) is 0.773. The van der Waals surface area contributed by atoms with E-state index in [9.17, 15) is 23.4 Å². The van der Waals surface area contributed by atoms with E-state index in [1.807, 2.05) is 0 Å². The fourth-order valence-electron chi connectivity index (χ4n) is 2.26. The Kier molecular flexibility index (Phi) is 6.07. The Balaban J connectivity index is 3.13. The Morgan fingerprint density at radius 2 is 1.91 bits per heavy atom. The van der Waals surface area contributed by atoms with Gasteiger partial charge in [-0.25, -0.2) is 0 Å². The first-order chi connectivity index (χ1) is 10.4.